The molecule has 0 saturated heterocycles. The third-order valence-electron chi connectivity index (χ3n) is 3.37. The van der Waals surface area contributed by atoms with Crippen LogP contribution in [0, 0.1) is 18.3 Å². The van der Waals surface area contributed by atoms with Crippen LogP contribution in [0.1, 0.15) is 25.1 Å². The van der Waals surface area contributed by atoms with Crippen LogP contribution in [0.2, 0.25) is 0 Å². The highest BCUT2D eigenvalue weighted by Crippen LogP contribution is 2.15. The van der Waals surface area contributed by atoms with Gasteiger partial charge in [-0.05, 0) is 48.7 Å². The summed E-state index contributed by atoms with van der Waals surface area (Å²) < 4.78 is 1.67. The van der Waals surface area contributed by atoms with Crippen LogP contribution in [0.3, 0.4) is 0 Å². The van der Waals surface area contributed by atoms with Crippen molar-refractivity contribution in [3.63, 3.8) is 0 Å². The number of benzene rings is 2. The van der Waals surface area contributed by atoms with Crippen LogP contribution in [0.5, 0.6) is 0 Å². The zero-order valence-electron chi connectivity index (χ0n) is 13.0. The number of nitriles is 1. The second kappa shape index (κ2) is 6.73. The number of fused-ring (bicyclic) bond motifs is 1. The van der Waals surface area contributed by atoms with E-state index in [-0.39, 0.29) is 5.56 Å². The molecule has 0 aliphatic carbocycles. The van der Waals surface area contributed by atoms with Crippen LogP contribution in [-0.4, -0.2) is 4.57 Å². The number of aryl methyl sites for hydroxylation is 1. The summed E-state index contributed by atoms with van der Waals surface area (Å²) >= 11 is 0. The van der Waals surface area contributed by atoms with E-state index >= 15 is 0 Å². The minimum absolute atomic E-state index is 0.0368. The van der Waals surface area contributed by atoms with E-state index in [1.165, 1.54) is 0 Å². The van der Waals surface area contributed by atoms with Crippen molar-refractivity contribution in [3.8, 4) is 11.8 Å². The van der Waals surface area contributed by atoms with Gasteiger partial charge >= 0.3 is 0 Å². The molecule has 0 aliphatic rings. The van der Waals surface area contributed by atoms with Gasteiger partial charge in [-0.1, -0.05) is 32.0 Å². The number of hydrogen-bond acceptors (Lipinski definition) is 2. The first-order valence-electron chi connectivity index (χ1n) is 7.32. The molecule has 3 nitrogen and oxygen atoms in total. The van der Waals surface area contributed by atoms with Gasteiger partial charge in [0.25, 0.3) is 5.56 Å². The van der Waals surface area contributed by atoms with E-state index < -0.39 is 0 Å². The lowest BCUT2D eigenvalue weighted by Crippen LogP contribution is -2.20. The predicted molar refractivity (Wildman–Crippen MR) is 90.3 cm³/mol. The molecule has 1 aromatic heterocycles. The van der Waals surface area contributed by atoms with E-state index in [1.807, 2.05) is 51.1 Å². The molecule has 1 heterocycles. The molecule has 0 amide bonds. The van der Waals surface area contributed by atoms with E-state index in [0.717, 1.165) is 16.8 Å². The monoisotopic (exact) mass is 290 g/mol. The average molecular weight is 290 g/mol. The number of pyridine rings is 1. The fourth-order valence-corrected chi connectivity index (χ4v) is 2.39. The van der Waals surface area contributed by atoms with E-state index in [4.69, 9.17) is 5.26 Å². The Bertz CT molecular complexity index is 884. The molecule has 0 unspecified atom stereocenters. The lowest BCUT2D eigenvalue weighted by atomic mass is 10.1. The fraction of sp³-hybridized carbons (Fsp3) is 0.158. The van der Waals surface area contributed by atoms with Gasteiger partial charge in [0.05, 0.1) is 11.6 Å². The first-order chi connectivity index (χ1) is 10.7. The quantitative estimate of drug-likeness (QED) is 0.674. The van der Waals surface area contributed by atoms with Crippen LogP contribution in [0.4, 0.5) is 0 Å². The van der Waals surface area contributed by atoms with Gasteiger partial charge in [0.1, 0.15) is 0 Å². The summed E-state index contributed by atoms with van der Waals surface area (Å²) in [6.45, 7) is 5.91. The van der Waals surface area contributed by atoms with E-state index in [0.29, 0.717) is 10.9 Å². The molecular weight excluding hydrogens is 272 g/mol. The Labute approximate surface area is 130 Å². The molecule has 0 radical (unpaired) electrons. The SMILES string of the molecule is CC.Cc1cc2ccccc2c(=O)n1-c1ccc(C#N)cc1. The Kier molecular flexibility index (Phi) is 4.75. The average Bonchev–Trinajstić information content (AvgIpc) is 2.57. The normalized spacial score (nSPS) is 9.73. The van der Waals surface area contributed by atoms with E-state index in [1.54, 1.807) is 28.8 Å². The van der Waals surface area contributed by atoms with Crippen molar-refractivity contribution in [2.24, 2.45) is 0 Å². The minimum atomic E-state index is -0.0368. The van der Waals surface area contributed by atoms with Crippen molar-refractivity contribution < 1.29 is 0 Å². The Morgan fingerprint density at radius 2 is 1.64 bits per heavy atom. The van der Waals surface area contributed by atoms with Crippen molar-refractivity contribution in [2.45, 2.75) is 20.8 Å². The van der Waals surface area contributed by atoms with Gasteiger partial charge in [0, 0.05) is 16.8 Å². The predicted octanol–water partition coefficient (Wildman–Crippen LogP) is 4.20. The Hall–Kier alpha value is -2.86. The molecule has 0 fully saturated rings. The summed E-state index contributed by atoms with van der Waals surface area (Å²) in [7, 11) is 0. The molecule has 3 rings (SSSR count). The van der Waals surface area contributed by atoms with Crippen LogP contribution < -0.4 is 5.56 Å². The highest BCUT2D eigenvalue weighted by molar-refractivity contribution is 5.82. The first kappa shape index (κ1) is 15.5. The third kappa shape index (κ3) is 2.77. The van der Waals surface area contributed by atoms with Gasteiger partial charge in [-0.15, -0.1) is 0 Å². The van der Waals surface area contributed by atoms with Crippen LogP contribution >= 0.6 is 0 Å². The molecule has 2 aromatic carbocycles. The summed E-state index contributed by atoms with van der Waals surface area (Å²) in [5, 5.41) is 10.5. The highest BCUT2D eigenvalue weighted by atomic mass is 16.1. The van der Waals surface area contributed by atoms with E-state index in [2.05, 4.69) is 6.07 Å². The lowest BCUT2D eigenvalue weighted by molar-refractivity contribution is 0.950. The minimum Gasteiger partial charge on any atom is -0.281 e. The Morgan fingerprint density at radius 3 is 2.27 bits per heavy atom. The van der Waals surface area contributed by atoms with Gasteiger partial charge in [0.15, 0.2) is 0 Å². The van der Waals surface area contributed by atoms with Crippen molar-refractivity contribution in [3.05, 3.63) is 76.2 Å². The molecule has 0 N–H and O–H groups in total. The number of aromatic nitrogens is 1. The van der Waals surface area contributed by atoms with Gasteiger partial charge in [0.2, 0.25) is 0 Å². The molecule has 110 valence electrons. The number of rotatable bonds is 1. The molecule has 22 heavy (non-hydrogen) atoms. The zero-order valence-corrected chi connectivity index (χ0v) is 13.0. The largest absolute Gasteiger partial charge is 0.281 e. The van der Waals surface area contributed by atoms with Gasteiger partial charge < -0.3 is 0 Å². The first-order valence-corrected chi connectivity index (χ1v) is 7.32. The third-order valence-corrected chi connectivity index (χ3v) is 3.37. The summed E-state index contributed by atoms with van der Waals surface area (Å²) in [5.41, 5.74) is 2.20. The molecule has 3 aromatic rings. The maximum absolute atomic E-state index is 12.6. The highest BCUT2D eigenvalue weighted by Gasteiger charge is 2.07. The van der Waals surface area contributed by atoms with Gasteiger partial charge in [-0.3, -0.25) is 9.36 Å². The molecule has 3 heteroatoms. The molecular formula is C19H18N2O. The van der Waals surface area contributed by atoms with Crippen LogP contribution in [0.15, 0.2) is 59.4 Å². The Morgan fingerprint density at radius 1 is 1.00 bits per heavy atom. The maximum Gasteiger partial charge on any atom is 0.263 e. The second-order valence-corrected chi connectivity index (χ2v) is 4.67. The van der Waals surface area contributed by atoms with Gasteiger partial charge in [-0.25, -0.2) is 0 Å². The van der Waals surface area contributed by atoms with Crippen molar-refractivity contribution >= 4 is 10.8 Å². The summed E-state index contributed by atoms with van der Waals surface area (Å²) in [5.74, 6) is 0. The maximum atomic E-state index is 12.6. The summed E-state index contributed by atoms with van der Waals surface area (Å²) in [6.07, 6.45) is 0. The molecule has 0 aliphatic heterocycles. The van der Waals surface area contributed by atoms with Crippen molar-refractivity contribution in [2.75, 3.05) is 0 Å². The number of hydrogen-bond donors (Lipinski definition) is 0. The summed E-state index contributed by atoms with van der Waals surface area (Å²) in [6, 6.07) is 18.7. The second-order valence-electron chi connectivity index (χ2n) is 4.67. The summed E-state index contributed by atoms with van der Waals surface area (Å²) in [4.78, 5) is 12.6. The Balaban J connectivity index is 0.000000847. The smallest absolute Gasteiger partial charge is 0.263 e. The topological polar surface area (TPSA) is 45.8 Å². The van der Waals surface area contributed by atoms with Crippen LogP contribution in [0.25, 0.3) is 16.5 Å². The standard InChI is InChI=1S/C17H12N2O.C2H6/c1-12-10-14-4-2-3-5-16(14)17(20)19(12)15-8-6-13(11-18)7-9-15;1-2/h2-10H,1H3;1-2H3. The van der Waals surface area contributed by atoms with Crippen molar-refractivity contribution in [1.82, 2.24) is 4.57 Å². The zero-order chi connectivity index (χ0) is 16.1. The number of nitrogens with zero attached hydrogens (tertiary/aromatic N) is 2. The van der Waals surface area contributed by atoms with E-state index in [9.17, 15) is 4.79 Å². The van der Waals surface area contributed by atoms with Crippen molar-refractivity contribution in [1.29, 1.82) is 5.26 Å². The van der Waals surface area contributed by atoms with Gasteiger partial charge in [-0.2, -0.15) is 5.26 Å². The molecule has 0 saturated carbocycles. The fourth-order valence-electron chi connectivity index (χ4n) is 2.39. The molecule has 0 atom stereocenters. The molecule has 0 spiro atoms. The lowest BCUT2D eigenvalue weighted by Gasteiger charge is -2.11. The molecule has 0 bridgehead atoms. The van der Waals surface area contributed by atoms with Crippen LogP contribution in [-0.2, 0) is 0 Å².